The average molecular weight is 339 g/mol. The van der Waals surface area contributed by atoms with Gasteiger partial charge in [0.05, 0.1) is 5.56 Å². The number of hydrogen-bond acceptors (Lipinski definition) is 3. The molecule has 0 saturated carbocycles. The lowest BCUT2D eigenvalue weighted by Gasteiger charge is -2.04. The highest BCUT2D eigenvalue weighted by Gasteiger charge is 2.04. The Morgan fingerprint density at radius 2 is 1.82 bits per heavy atom. The summed E-state index contributed by atoms with van der Waals surface area (Å²) in [5.41, 5.74) is 1.54. The van der Waals surface area contributed by atoms with Gasteiger partial charge in [0.15, 0.2) is 0 Å². The third-order valence-electron chi connectivity index (χ3n) is 2.19. The van der Waals surface area contributed by atoms with Crippen molar-refractivity contribution < 1.29 is 4.79 Å². The number of rotatable bonds is 3. The highest BCUT2D eigenvalue weighted by Crippen LogP contribution is 2.06. The summed E-state index contributed by atoms with van der Waals surface area (Å²) in [5, 5.41) is 2.81. The Morgan fingerprint density at radius 1 is 1.18 bits per heavy atom. The zero-order valence-corrected chi connectivity index (χ0v) is 11.1. The van der Waals surface area contributed by atoms with Gasteiger partial charge in [0.1, 0.15) is 6.33 Å². The van der Waals surface area contributed by atoms with Crippen LogP contribution >= 0.6 is 22.6 Å². The summed E-state index contributed by atoms with van der Waals surface area (Å²) in [5.74, 6) is -0.163. The Morgan fingerprint density at radius 3 is 2.47 bits per heavy atom. The first-order valence-electron chi connectivity index (χ1n) is 5.03. The summed E-state index contributed by atoms with van der Waals surface area (Å²) in [6, 6.07) is 7.99. The molecule has 0 unspecified atom stereocenters. The van der Waals surface area contributed by atoms with Gasteiger partial charge in [-0.25, -0.2) is 9.97 Å². The number of hydrogen-bond donors (Lipinski definition) is 1. The van der Waals surface area contributed by atoms with Crippen LogP contribution in [0.1, 0.15) is 15.9 Å². The van der Waals surface area contributed by atoms with E-state index >= 15 is 0 Å². The topological polar surface area (TPSA) is 54.9 Å². The summed E-state index contributed by atoms with van der Waals surface area (Å²) in [6.45, 7) is 0.505. The standard InChI is InChI=1S/C12H10IN3O/c13-11-3-1-9(2-4-11)5-16-12(17)10-6-14-8-15-7-10/h1-4,6-8H,5H2,(H,16,17). The Hall–Kier alpha value is -1.50. The summed E-state index contributed by atoms with van der Waals surface area (Å²) in [7, 11) is 0. The van der Waals surface area contributed by atoms with Crippen LogP contribution in [-0.2, 0) is 6.54 Å². The summed E-state index contributed by atoms with van der Waals surface area (Å²) >= 11 is 2.24. The van der Waals surface area contributed by atoms with E-state index in [2.05, 4.69) is 37.9 Å². The van der Waals surface area contributed by atoms with E-state index in [9.17, 15) is 4.79 Å². The predicted octanol–water partition coefficient (Wildman–Crippen LogP) is 2.01. The lowest BCUT2D eigenvalue weighted by Crippen LogP contribution is -2.23. The van der Waals surface area contributed by atoms with Crippen molar-refractivity contribution in [2.24, 2.45) is 0 Å². The van der Waals surface area contributed by atoms with Gasteiger partial charge < -0.3 is 5.32 Å². The molecule has 0 saturated heterocycles. The lowest BCUT2D eigenvalue weighted by atomic mass is 10.2. The highest BCUT2D eigenvalue weighted by atomic mass is 127. The van der Waals surface area contributed by atoms with E-state index in [1.165, 1.54) is 22.3 Å². The second kappa shape index (κ2) is 5.72. The molecule has 1 aromatic carbocycles. The number of amides is 1. The van der Waals surface area contributed by atoms with Crippen molar-refractivity contribution in [2.45, 2.75) is 6.54 Å². The van der Waals surface area contributed by atoms with Crippen molar-refractivity contribution in [2.75, 3.05) is 0 Å². The molecule has 0 aliphatic rings. The van der Waals surface area contributed by atoms with Crippen molar-refractivity contribution in [3.63, 3.8) is 0 Å². The fraction of sp³-hybridized carbons (Fsp3) is 0.0833. The summed E-state index contributed by atoms with van der Waals surface area (Å²) < 4.78 is 1.18. The Bertz CT molecular complexity index is 499. The maximum Gasteiger partial charge on any atom is 0.254 e. The predicted molar refractivity (Wildman–Crippen MR) is 72.4 cm³/mol. The van der Waals surface area contributed by atoms with Crippen LogP contribution in [0.25, 0.3) is 0 Å². The molecule has 17 heavy (non-hydrogen) atoms. The van der Waals surface area contributed by atoms with E-state index in [0.717, 1.165) is 5.56 Å². The van der Waals surface area contributed by atoms with Crippen LogP contribution in [0, 0.1) is 3.57 Å². The molecule has 0 aliphatic carbocycles. The zero-order valence-electron chi connectivity index (χ0n) is 8.93. The molecule has 86 valence electrons. The van der Waals surface area contributed by atoms with Gasteiger partial charge in [-0.2, -0.15) is 0 Å². The van der Waals surface area contributed by atoms with Crippen LogP contribution < -0.4 is 5.32 Å². The molecular formula is C12H10IN3O. The minimum absolute atomic E-state index is 0.163. The smallest absolute Gasteiger partial charge is 0.254 e. The maximum absolute atomic E-state index is 11.7. The van der Waals surface area contributed by atoms with Crippen LogP contribution in [-0.4, -0.2) is 15.9 Å². The molecule has 1 heterocycles. The molecule has 2 aromatic rings. The van der Waals surface area contributed by atoms with Gasteiger partial charge >= 0.3 is 0 Å². The van der Waals surface area contributed by atoms with Gasteiger partial charge in [0.25, 0.3) is 5.91 Å². The Balaban J connectivity index is 1.95. The van der Waals surface area contributed by atoms with Crippen LogP contribution in [0.2, 0.25) is 0 Å². The quantitative estimate of drug-likeness (QED) is 0.871. The fourth-order valence-corrected chi connectivity index (χ4v) is 1.66. The number of halogens is 1. The summed E-state index contributed by atoms with van der Waals surface area (Å²) in [4.78, 5) is 19.3. The van der Waals surface area contributed by atoms with Gasteiger partial charge in [-0.05, 0) is 40.3 Å². The molecule has 0 spiro atoms. The third-order valence-corrected chi connectivity index (χ3v) is 2.91. The van der Waals surface area contributed by atoms with E-state index in [0.29, 0.717) is 12.1 Å². The number of nitrogens with zero attached hydrogens (tertiary/aromatic N) is 2. The molecule has 5 heteroatoms. The van der Waals surface area contributed by atoms with Crippen LogP contribution in [0.15, 0.2) is 43.0 Å². The van der Waals surface area contributed by atoms with Gasteiger partial charge in [-0.15, -0.1) is 0 Å². The van der Waals surface area contributed by atoms with Crippen molar-refractivity contribution in [3.05, 3.63) is 57.7 Å². The van der Waals surface area contributed by atoms with Crippen molar-refractivity contribution >= 4 is 28.5 Å². The molecule has 0 aliphatic heterocycles. The molecule has 0 radical (unpaired) electrons. The van der Waals surface area contributed by atoms with E-state index in [-0.39, 0.29) is 5.91 Å². The SMILES string of the molecule is O=C(NCc1ccc(I)cc1)c1cncnc1. The van der Waals surface area contributed by atoms with Crippen LogP contribution in [0.3, 0.4) is 0 Å². The largest absolute Gasteiger partial charge is 0.348 e. The first-order chi connectivity index (χ1) is 8.25. The monoisotopic (exact) mass is 339 g/mol. The first kappa shape index (κ1) is 12.0. The third kappa shape index (κ3) is 3.48. The maximum atomic E-state index is 11.7. The second-order valence-corrected chi connectivity index (χ2v) is 4.68. The molecule has 2 rings (SSSR count). The van der Waals surface area contributed by atoms with E-state index in [1.54, 1.807) is 0 Å². The average Bonchev–Trinajstić information content (AvgIpc) is 2.39. The molecule has 1 aromatic heterocycles. The number of carbonyl (C=O) groups is 1. The minimum atomic E-state index is -0.163. The first-order valence-corrected chi connectivity index (χ1v) is 6.11. The van der Waals surface area contributed by atoms with Gasteiger partial charge in [-0.1, -0.05) is 12.1 Å². The number of nitrogens with one attached hydrogen (secondary N) is 1. The number of benzene rings is 1. The molecule has 1 N–H and O–H groups in total. The second-order valence-electron chi connectivity index (χ2n) is 3.44. The molecular weight excluding hydrogens is 329 g/mol. The minimum Gasteiger partial charge on any atom is -0.348 e. The zero-order chi connectivity index (χ0) is 12.1. The number of aromatic nitrogens is 2. The normalized spacial score (nSPS) is 9.94. The number of carbonyl (C=O) groups excluding carboxylic acids is 1. The van der Waals surface area contributed by atoms with Crippen molar-refractivity contribution in [1.82, 2.24) is 15.3 Å². The Labute approximate surface area is 113 Å². The molecule has 4 nitrogen and oxygen atoms in total. The van der Waals surface area contributed by atoms with Crippen molar-refractivity contribution in [1.29, 1.82) is 0 Å². The summed E-state index contributed by atoms with van der Waals surface area (Å²) in [6.07, 6.45) is 4.39. The molecule has 0 atom stereocenters. The van der Waals surface area contributed by atoms with Crippen molar-refractivity contribution in [3.8, 4) is 0 Å². The van der Waals surface area contributed by atoms with Crippen LogP contribution in [0.5, 0.6) is 0 Å². The van der Waals surface area contributed by atoms with E-state index < -0.39 is 0 Å². The van der Waals surface area contributed by atoms with E-state index in [4.69, 9.17) is 0 Å². The fourth-order valence-electron chi connectivity index (χ4n) is 1.30. The molecule has 0 fully saturated rings. The van der Waals surface area contributed by atoms with Gasteiger partial charge in [0, 0.05) is 22.5 Å². The van der Waals surface area contributed by atoms with E-state index in [1.807, 2.05) is 24.3 Å². The lowest BCUT2D eigenvalue weighted by molar-refractivity contribution is 0.0950. The van der Waals surface area contributed by atoms with Gasteiger partial charge in [-0.3, -0.25) is 4.79 Å². The highest BCUT2D eigenvalue weighted by molar-refractivity contribution is 14.1. The van der Waals surface area contributed by atoms with Gasteiger partial charge in [0.2, 0.25) is 0 Å². The Kier molecular flexibility index (Phi) is 4.03. The molecule has 0 bridgehead atoms. The molecule has 1 amide bonds. The van der Waals surface area contributed by atoms with Crippen LogP contribution in [0.4, 0.5) is 0 Å².